The molecule has 0 aliphatic heterocycles. The van der Waals surface area contributed by atoms with E-state index in [0.717, 1.165) is 12.1 Å². The van der Waals surface area contributed by atoms with Gasteiger partial charge in [-0.1, -0.05) is 13.3 Å². The zero-order chi connectivity index (χ0) is 21.6. The van der Waals surface area contributed by atoms with Gasteiger partial charge in [-0.25, -0.2) is 9.97 Å². The highest BCUT2D eigenvalue weighted by atomic mass is 19.4. The van der Waals surface area contributed by atoms with Crippen molar-refractivity contribution < 1.29 is 31.1 Å². The second-order valence-electron chi connectivity index (χ2n) is 6.36. The average Bonchev–Trinajstić information content (AvgIpc) is 2.96. The number of halogens is 6. The first-order chi connectivity index (χ1) is 13.5. The fourth-order valence-corrected chi connectivity index (χ4v) is 3.02. The summed E-state index contributed by atoms with van der Waals surface area (Å²) >= 11 is 0. The maximum absolute atomic E-state index is 13.1. The van der Waals surface area contributed by atoms with Crippen LogP contribution in [-0.4, -0.2) is 26.6 Å². The largest absolute Gasteiger partial charge is 0.479 e. The lowest BCUT2D eigenvalue weighted by molar-refractivity contribution is -0.141. The number of hydrogen-bond acceptors (Lipinski definition) is 4. The molecule has 0 N–H and O–H groups in total. The van der Waals surface area contributed by atoms with Crippen LogP contribution >= 0.6 is 0 Å². The molecule has 0 aromatic carbocycles. The van der Waals surface area contributed by atoms with Gasteiger partial charge in [-0.05, 0) is 24.1 Å². The second-order valence-corrected chi connectivity index (χ2v) is 6.36. The minimum Gasteiger partial charge on any atom is -0.479 e. The van der Waals surface area contributed by atoms with E-state index >= 15 is 0 Å². The average molecular weight is 418 g/mol. The number of aromatic nitrogens is 4. The first-order valence-corrected chi connectivity index (χ1v) is 8.52. The van der Waals surface area contributed by atoms with Gasteiger partial charge >= 0.3 is 12.4 Å². The Morgan fingerprint density at radius 1 is 1.03 bits per heavy atom. The summed E-state index contributed by atoms with van der Waals surface area (Å²) in [6.07, 6.45) is -7.75. The topological polar surface area (TPSA) is 52.8 Å². The van der Waals surface area contributed by atoms with Crippen molar-refractivity contribution in [1.29, 1.82) is 0 Å². The van der Waals surface area contributed by atoms with Crippen molar-refractivity contribution in [2.45, 2.75) is 32.1 Å². The van der Waals surface area contributed by atoms with E-state index in [1.54, 1.807) is 6.92 Å². The lowest BCUT2D eigenvalue weighted by atomic mass is 10.1. The summed E-state index contributed by atoms with van der Waals surface area (Å²) in [7, 11) is 2.69. The first kappa shape index (κ1) is 20.9. The van der Waals surface area contributed by atoms with Gasteiger partial charge in [0.05, 0.1) is 18.2 Å². The van der Waals surface area contributed by atoms with Gasteiger partial charge in [0.2, 0.25) is 5.88 Å². The van der Waals surface area contributed by atoms with Crippen LogP contribution in [0.2, 0.25) is 0 Å². The third-order valence-corrected chi connectivity index (χ3v) is 4.33. The fourth-order valence-electron chi connectivity index (χ4n) is 3.02. The van der Waals surface area contributed by atoms with Crippen LogP contribution in [0.25, 0.3) is 22.6 Å². The fraction of sp³-hybridized carbons (Fsp3) is 0.389. The molecule has 3 heterocycles. The molecule has 3 rings (SSSR count). The SMILES string of the molecule is CCCc1cc(C(F)(F)F)cnc1-c1nc2cc(C(F)(F)F)nc(OC)c2n1C. The number of pyridine rings is 2. The van der Waals surface area contributed by atoms with Gasteiger partial charge < -0.3 is 9.30 Å². The third-order valence-electron chi connectivity index (χ3n) is 4.33. The minimum absolute atomic E-state index is 0.0502. The molecule has 0 amide bonds. The van der Waals surface area contributed by atoms with Crippen molar-refractivity contribution in [3.8, 4) is 17.4 Å². The van der Waals surface area contributed by atoms with Gasteiger partial charge in [0.25, 0.3) is 0 Å². The van der Waals surface area contributed by atoms with Gasteiger partial charge in [-0.2, -0.15) is 26.3 Å². The van der Waals surface area contributed by atoms with Crippen LogP contribution in [0, 0.1) is 0 Å². The molecule has 0 bridgehead atoms. The van der Waals surface area contributed by atoms with Crippen LogP contribution < -0.4 is 4.74 Å². The number of aryl methyl sites for hydroxylation is 2. The molecule has 0 aliphatic carbocycles. The van der Waals surface area contributed by atoms with E-state index in [1.165, 1.54) is 18.7 Å². The lowest BCUT2D eigenvalue weighted by Crippen LogP contribution is -2.09. The Bertz CT molecular complexity index is 1060. The maximum Gasteiger partial charge on any atom is 0.433 e. The molecule has 0 fully saturated rings. The van der Waals surface area contributed by atoms with E-state index in [2.05, 4.69) is 15.0 Å². The molecular weight excluding hydrogens is 402 g/mol. The van der Waals surface area contributed by atoms with E-state index < -0.39 is 23.6 Å². The van der Waals surface area contributed by atoms with Crippen LogP contribution in [0.1, 0.15) is 30.2 Å². The van der Waals surface area contributed by atoms with E-state index in [-0.39, 0.29) is 28.4 Å². The van der Waals surface area contributed by atoms with Crippen molar-refractivity contribution >= 4 is 11.0 Å². The van der Waals surface area contributed by atoms with Crippen molar-refractivity contribution in [3.05, 3.63) is 35.2 Å². The predicted molar refractivity (Wildman–Crippen MR) is 92.3 cm³/mol. The van der Waals surface area contributed by atoms with Crippen LogP contribution in [0.3, 0.4) is 0 Å². The summed E-state index contributed by atoms with van der Waals surface area (Å²) in [5.41, 5.74) is -1.49. The Balaban J connectivity index is 2.26. The molecule has 0 atom stereocenters. The van der Waals surface area contributed by atoms with Crippen molar-refractivity contribution in [2.24, 2.45) is 7.05 Å². The Kier molecular flexibility index (Phi) is 5.18. The van der Waals surface area contributed by atoms with Crippen LogP contribution in [0.4, 0.5) is 26.3 Å². The molecule has 0 aliphatic rings. The Hall–Kier alpha value is -2.85. The highest BCUT2D eigenvalue weighted by molar-refractivity contribution is 5.85. The number of imidazole rings is 1. The van der Waals surface area contributed by atoms with Gasteiger partial charge in [-0.3, -0.25) is 4.98 Å². The molecule has 0 saturated heterocycles. The lowest BCUT2D eigenvalue weighted by Gasteiger charge is -2.12. The van der Waals surface area contributed by atoms with Gasteiger partial charge in [-0.15, -0.1) is 0 Å². The van der Waals surface area contributed by atoms with Crippen LogP contribution in [-0.2, 0) is 25.8 Å². The summed E-state index contributed by atoms with van der Waals surface area (Å²) in [5.74, 6) is -0.170. The summed E-state index contributed by atoms with van der Waals surface area (Å²) in [4.78, 5) is 11.6. The molecule has 0 saturated carbocycles. The number of nitrogens with zero attached hydrogens (tertiary/aromatic N) is 4. The number of fused-ring (bicyclic) bond motifs is 1. The molecule has 5 nitrogen and oxygen atoms in total. The predicted octanol–water partition coefficient (Wildman–Crippen LogP) is 5.03. The Labute approximate surface area is 161 Å². The maximum atomic E-state index is 13.1. The van der Waals surface area contributed by atoms with Crippen molar-refractivity contribution in [3.63, 3.8) is 0 Å². The smallest absolute Gasteiger partial charge is 0.433 e. The van der Waals surface area contributed by atoms with Crippen molar-refractivity contribution in [2.75, 3.05) is 7.11 Å². The highest BCUT2D eigenvalue weighted by Gasteiger charge is 2.35. The molecule has 0 spiro atoms. The molecule has 11 heteroatoms. The molecule has 3 aromatic heterocycles. The molecule has 156 valence electrons. The number of rotatable bonds is 4. The molecular formula is C18H16F6N4O. The number of hydrogen-bond donors (Lipinski definition) is 0. The zero-order valence-corrected chi connectivity index (χ0v) is 15.6. The van der Waals surface area contributed by atoms with E-state index in [0.29, 0.717) is 24.6 Å². The minimum atomic E-state index is -4.71. The summed E-state index contributed by atoms with van der Waals surface area (Å²) in [6, 6.07) is 1.76. The number of alkyl halides is 6. The van der Waals surface area contributed by atoms with E-state index in [9.17, 15) is 26.3 Å². The normalized spacial score (nSPS) is 12.6. The zero-order valence-electron chi connectivity index (χ0n) is 15.6. The quantitative estimate of drug-likeness (QED) is 0.558. The van der Waals surface area contributed by atoms with Gasteiger partial charge in [0, 0.05) is 13.2 Å². The Morgan fingerprint density at radius 2 is 1.72 bits per heavy atom. The number of ether oxygens (including phenoxy) is 1. The van der Waals surface area contributed by atoms with E-state index in [1.807, 2.05) is 0 Å². The second kappa shape index (κ2) is 7.20. The standard InChI is InChI=1S/C18H16F6N4O/c1-4-5-9-6-10(17(19,20)21)8-25-13(9)15-26-11-7-12(18(22,23)24)27-16(29-3)14(11)28(15)2/h6-8H,4-5H2,1-3H3. The number of methoxy groups -OCH3 is 1. The van der Waals surface area contributed by atoms with Crippen LogP contribution in [0.15, 0.2) is 18.3 Å². The first-order valence-electron chi connectivity index (χ1n) is 8.52. The van der Waals surface area contributed by atoms with Crippen molar-refractivity contribution in [1.82, 2.24) is 19.5 Å². The van der Waals surface area contributed by atoms with E-state index in [4.69, 9.17) is 4.74 Å². The van der Waals surface area contributed by atoms with Gasteiger partial charge in [0.15, 0.2) is 11.5 Å². The monoisotopic (exact) mass is 418 g/mol. The molecule has 0 radical (unpaired) electrons. The van der Waals surface area contributed by atoms with Gasteiger partial charge in [0.1, 0.15) is 11.2 Å². The summed E-state index contributed by atoms with van der Waals surface area (Å²) < 4.78 is 84.9. The molecule has 0 unspecified atom stereocenters. The highest BCUT2D eigenvalue weighted by Crippen LogP contribution is 2.37. The third kappa shape index (κ3) is 3.85. The molecule has 3 aromatic rings. The Morgan fingerprint density at radius 3 is 2.28 bits per heavy atom. The van der Waals surface area contributed by atoms with Crippen LogP contribution in [0.5, 0.6) is 5.88 Å². The summed E-state index contributed by atoms with van der Waals surface area (Å²) in [6.45, 7) is 1.79. The summed E-state index contributed by atoms with van der Waals surface area (Å²) in [5, 5.41) is 0. The molecule has 29 heavy (non-hydrogen) atoms.